The van der Waals surface area contributed by atoms with Crippen molar-refractivity contribution in [1.82, 2.24) is 10.6 Å². The number of phenolic OH excluding ortho intramolecular Hbond substituents is 1. The lowest BCUT2D eigenvalue weighted by Crippen LogP contribution is -2.48. The van der Waals surface area contributed by atoms with E-state index in [0.29, 0.717) is 18.2 Å². The van der Waals surface area contributed by atoms with Crippen LogP contribution in [0.1, 0.15) is 0 Å². The molecule has 0 aliphatic carbocycles. The number of benzene rings is 1. The quantitative estimate of drug-likeness (QED) is 0.569. The smallest absolute Gasteiger partial charge is 0.319 e. The third kappa shape index (κ3) is 2.87. The molecule has 1 heterocycles. The fraction of sp³-hybridized carbons (Fsp3) is 0.364. The van der Waals surface area contributed by atoms with E-state index < -0.39 is 0 Å². The summed E-state index contributed by atoms with van der Waals surface area (Å²) < 4.78 is 0. The van der Waals surface area contributed by atoms with Gasteiger partial charge in [0.2, 0.25) is 0 Å². The molecule has 0 spiro atoms. The van der Waals surface area contributed by atoms with Gasteiger partial charge in [-0.15, -0.1) is 0 Å². The molecule has 1 fully saturated rings. The van der Waals surface area contributed by atoms with E-state index in [1.54, 1.807) is 12.1 Å². The van der Waals surface area contributed by atoms with Gasteiger partial charge in [0.15, 0.2) is 0 Å². The molecule has 1 aromatic rings. The molecule has 1 saturated heterocycles. The fourth-order valence-corrected chi connectivity index (χ4v) is 1.45. The first-order chi connectivity index (χ1) is 7.74. The topological polar surface area (TPSA) is 73.4 Å². The van der Waals surface area contributed by atoms with Crippen molar-refractivity contribution < 1.29 is 9.90 Å². The van der Waals surface area contributed by atoms with Gasteiger partial charge in [0.1, 0.15) is 5.75 Å². The minimum atomic E-state index is -0.211. The van der Waals surface area contributed by atoms with Crippen LogP contribution in [-0.2, 0) is 0 Å². The Kier molecular flexibility index (Phi) is 3.26. The highest BCUT2D eigenvalue weighted by molar-refractivity contribution is 5.89. The van der Waals surface area contributed by atoms with E-state index in [4.69, 9.17) is 5.11 Å². The lowest BCUT2D eigenvalue weighted by Gasteiger charge is -2.27. The van der Waals surface area contributed by atoms with Crippen LogP contribution < -0.4 is 16.0 Å². The molecule has 0 saturated carbocycles. The van der Waals surface area contributed by atoms with Crippen molar-refractivity contribution in [3.63, 3.8) is 0 Å². The number of hydrogen-bond acceptors (Lipinski definition) is 3. The Morgan fingerprint density at radius 2 is 2.06 bits per heavy atom. The summed E-state index contributed by atoms with van der Waals surface area (Å²) in [5, 5.41) is 17.7. The van der Waals surface area contributed by atoms with Crippen molar-refractivity contribution >= 4 is 11.7 Å². The van der Waals surface area contributed by atoms with Gasteiger partial charge in [0, 0.05) is 31.2 Å². The molecule has 16 heavy (non-hydrogen) atoms. The Morgan fingerprint density at radius 1 is 1.38 bits per heavy atom. The number of aromatic hydroxyl groups is 1. The SMILES string of the molecule is O=C(NCC1CNC1)Nc1ccc(O)cc1. The van der Waals surface area contributed by atoms with Gasteiger partial charge in [-0.3, -0.25) is 0 Å². The first kappa shape index (κ1) is 10.8. The third-order valence-corrected chi connectivity index (χ3v) is 2.54. The Morgan fingerprint density at radius 3 is 2.62 bits per heavy atom. The molecular formula is C11H15N3O2. The van der Waals surface area contributed by atoms with Crippen LogP contribution in [0, 0.1) is 5.92 Å². The molecule has 4 N–H and O–H groups in total. The summed E-state index contributed by atoms with van der Waals surface area (Å²) >= 11 is 0. The highest BCUT2D eigenvalue weighted by Crippen LogP contribution is 2.13. The van der Waals surface area contributed by atoms with Crippen LogP contribution in [0.3, 0.4) is 0 Å². The predicted octanol–water partition coefficient (Wildman–Crippen LogP) is 0.733. The molecule has 0 radical (unpaired) electrons. The molecule has 0 bridgehead atoms. The summed E-state index contributed by atoms with van der Waals surface area (Å²) in [4.78, 5) is 11.4. The van der Waals surface area contributed by atoms with Crippen LogP contribution in [0.25, 0.3) is 0 Å². The van der Waals surface area contributed by atoms with E-state index in [1.165, 1.54) is 12.1 Å². The second-order valence-electron chi connectivity index (χ2n) is 3.91. The van der Waals surface area contributed by atoms with Crippen molar-refractivity contribution in [2.75, 3.05) is 25.0 Å². The molecule has 2 amide bonds. The molecule has 0 unspecified atom stereocenters. The van der Waals surface area contributed by atoms with Crippen molar-refractivity contribution in [3.05, 3.63) is 24.3 Å². The molecule has 5 nitrogen and oxygen atoms in total. The highest BCUT2D eigenvalue weighted by atomic mass is 16.3. The Hall–Kier alpha value is -1.75. The largest absolute Gasteiger partial charge is 0.508 e. The van der Waals surface area contributed by atoms with Crippen LogP contribution in [0.4, 0.5) is 10.5 Å². The summed E-state index contributed by atoms with van der Waals surface area (Å²) in [5.41, 5.74) is 0.669. The first-order valence-corrected chi connectivity index (χ1v) is 5.28. The lowest BCUT2D eigenvalue weighted by atomic mass is 10.0. The van der Waals surface area contributed by atoms with Crippen molar-refractivity contribution in [1.29, 1.82) is 0 Å². The monoisotopic (exact) mass is 221 g/mol. The normalized spacial score (nSPS) is 15.2. The zero-order valence-corrected chi connectivity index (χ0v) is 8.86. The average Bonchev–Trinajstić information content (AvgIpc) is 2.19. The van der Waals surface area contributed by atoms with Crippen LogP contribution in [0.5, 0.6) is 5.75 Å². The van der Waals surface area contributed by atoms with Gasteiger partial charge in [-0.1, -0.05) is 0 Å². The summed E-state index contributed by atoms with van der Waals surface area (Å²) in [7, 11) is 0. The van der Waals surface area contributed by atoms with Crippen LogP contribution in [-0.4, -0.2) is 30.8 Å². The van der Waals surface area contributed by atoms with Gasteiger partial charge >= 0.3 is 6.03 Å². The van der Waals surface area contributed by atoms with Crippen molar-refractivity contribution in [3.8, 4) is 5.75 Å². The number of amides is 2. The number of urea groups is 1. The number of hydrogen-bond donors (Lipinski definition) is 4. The zero-order chi connectivity index (χ0) is 11.4. The standard InChI is InChI=1S/C11H15N3O2/c15-10-3-1-9(2-4-10)14-11(16)13-7-8-5-12-6-8/h1-4,8,12,15H,5-7H2,(H2,13,14,16). The second-order valence-corrected chi connectivity index (χ2v) is 3.91. The number of nitrogens with one attached hydrogen (secondary N) is 3. The summed E-state index contributed by atoms with van der Waals surface area (Å²) in [6.45, 7) is 2.63. The van der Waals surface area contributed by atoms with E-state index in [1.807, 2.05) is 0 Å². The fourth-order valence-electron chi connectivity index (χ4n) is 1.45. The van der Waals surface area contributed by atoms with Gasteiger partial charge in [-0.25, -0.2) is 4.79 Å². The zero-order valence-electron chi connectivity index (χ0n) is 8.86. The molecule has 2 rings (SSSR count). The number of carbonyl (C=O) groups is 1. The second kappa shape index (κ2) is 4.85. The maximum absolute atomic E-state index is 11.4. The minimum absolute atomic E-state index is 0.187. The Labute approximate surface area is 93.9 Å². The molecule has 1 aliphatic rings. The van der Waals surface area contributed by atoms with E-state index in [0.717, 1.165) is 13.1 Å². The maximum Gasteiger partial charge on any atom is 0.319 e. The number of carbonyl (C=O) groups excluding carboxylic acids is 1. The van der Waals surface area contributed by atoms with Crippen LogP contribution in [0.15, 0.2) is 24.3 Å². The molecule has 5 heteroatoms. The lowest BCUT2D eigenvalue weighted by molar-refractivity contribution is 0.246. The average molecular weight is 221 g/mol. The van der Waals surface area contributed by atoms with E-state index in [-0.39, 0.29) is 11.8 Å². The molecule has 1 aromatic carbocycles. The van der Waals surface area contributed by atoms with E-state index >= 15 is 0 Å². The molecular weight excluding hydrogens is 206 g/mol. The van der Waals surface area contributed by atoms with Gasteiger partial charge < -0.3 is 21.1 Å². The molecule has 1 aliphatic heterocycles. The summed E-state index contributed by atoms with van der Waals surface area (Å²) in [5.74, 6) is 0.733. The number of anilines is 1. The summed E-state index contributed by atoms with van der Waals surface area (Å²) in [6, 6.07) is 6.16. The van der Waals surface area contributed by atoms with Gasteiger partial charge in [-0.05, 0) is 24.3 Å². The third-order valence-electron chi connectivity index (χ3n) is 2.54. The Bertz CT molecular complexity index is 360. The van der Waals surface area contributed by atoms with Gasteiger partial charge in [0.25, 0.3) is 0 Å². The Balaban J connectivity index is 1.75. The highest BCUT2D eigenvalue weighted by Gasteiger charge is 2.16. The van der Waals surface area contributed by atoms with Crippen molar-refractivity contribution in [2.45, 2.75) is 0 Å². The number of phenols is 1. The summed E-state index contributed by atoms with van der Waals surface area (Å²) in [6.07, 6.45) is 0. The van der Waals surface area contributed by atoms with Crippen LogP contribution >= 0.6 is 0 Å². The van der Waals surface area contributed by atoms with E-state index in [9.17, 15) is 4.79 Å². The van der Waals surface area contributed by atoms with Gasteiger partial charge in [-0.2, -0.15) is 0 Å². The van der Waals surface area contributed by atoms with Crippen molar-refractivity contribution in [2.24, 2.45) is 5.92 Å². The van der Waals surface area contributed by atoms with Gasteiger partial charge in [0.05, 0.1) is 0 Å². The minimum Gasteiger partial charge on any atom is -0.508 e. The number of rotatable bonds is 3. The predicted molar refractivity (Wildman–Crippen MR) is 61.5 cm³/mol. The first-order valence-electron chi connectivity index (χ1n) is 5.28. The van der Waals surface area contributed by atoms with Crippen LogP contribution in [0.2, 0.25) is 0 Å². The molecule has 0 atom stereocenters. The maximum atomic E-state index is 11.4. The molecule has 0 aromatic heterocycles. The van der Waals surface area contributed by atoms with E-state index in [2.05, 4.69) is 16.0 Å². The molecule has 86 valence electrons.